The van der Waals surface area contributed by atoms with Crippen molar-refractivity contribution in [2.24, 2.45) is 0 Å². The summed E-state index contributed by atoms with van der Waals surface area (Å²) in [7, 11) is 2.02. The maximum absolute atomic E-state index is 11.7. The van der Waals surface area contributed by atoms with Crippen molar-refractivity contribution in [3.05, 3.63) is 28.2 Å². The van der Waals surface area contributed by atoms with Crippen molar-refractivity contribution in [2.75, 3.05) is 25.5 Å². The average molecular weight is 327 g/mol. The molecule has 1 fully saturated rings. The number of piperidine rings is 1. The molecule has 0 aromatic heterocycles. The lowest BCUT2D eigenvalue weighted by Gasteiger charge is -2.38. The number of rotatable bonds is 3. The Labute approximate surface area is 121 Å². The quantitative estimate of drug-likeness (QED) is 0.896. The van der Waals surface area contributed by atoms with Crippen LogP contribution in [0, 0.1) is 6.92 Å². The minimum absolute atomic E-state index is 0.619. The van der Waals surface area contributed by atoms with Gasteiger partial charge in [0.25, 0.3) is 0 Å². The third-order valence-corrected chi connectivity index (χ3v) is 4.31. The number of hydrogen-bond acceptors (Lipinski definition) is 3. The number of nitrogens with one attached hydrogen (secondary N) is 1. The Morgan fingerprint density at radius 2 is 2.05 bits per heavy atom. The number of nitrogens with zero attached hydrogens (tertiary/aromatic N) is 1. The summed E-state index contributed by atoms with van der Waals surface area (Å²) in [6.45, 7) is 3.58. The summed E-state index contributed by atoms with van der Waals surface area (Å²) in [5.74, 6) is -0.761. The largest absolute Gasteiger partial charge is 0.480 e. The van der Waals surface area contributed by atoms with Gasteiger partial charge in [0.1, 0.15) is 5.54 Å². The molecule has 0 spiro atoms. The molecule has 0 amide bonds. The molecule has 104 valence electrons. The first kappa shape index (κ1) is 14.3. The highest BCUT2D eigenvalue weighted by Crippen LogP contribution is 2.29. The van der Waals surface area contributed by atoms with Gasteiger partial charge < -0.3 is 15.3 Å². The number of likely N-dealkylation sites (tertiary alicyclic amines) is 1. The summed E-state index contributed by atoms with van der Waals surface area (Å²) >= 11 is 3.42. The SMILES string of the molecule is Cc1cc(Br)ccc1NC1(C(=O)O)CCN(C)CC1. The van der Waals surface area contributed by atoms with E-state index in [-0.39, 0.29) is 0 Å². The number of carboxylic acid groups (broad SMARTS) is 1. The maximum atomic E-state index is 11.7. The predicted octanol–water partition coefficient (Wildman–Crippen LogP) is 2.72. The molecular weight excluding hydrogens is 308 g/mol. The van der Waals surface area contributed by atoms with Gasteiger partial charge in [-0.2, -0.15) is 0 Å². The number of aryl methyl sites for hydroxylation is 1. The highest BCUT2D eigenvalue weighted by atomic mass is 79.9. The Bertz CT molecular complexity index is 482. The van der Waals surface area contributed by atoms with Gasteiger partial charge in [0.05, 0.1) is 0 Å². The van der Waals surface area contributed by atoms with E-state index in [9.17, 15) is 9.90 Å². The molecule has 0 unspecified atom stereocenters. The minimum Gasteiger partial charge on any atom is -0.480 e. The summed E-state index contributed by atoms with van der Waals surface area (Å²) in [6.07, 6.45) is 1.24. The van der Waals surface area contributed by atoms with E-state index >= 15 is 0 Å². The summed E-state index contributed by atoms with van der Waals surface area (Å²) < 4.78 is 1.00. The zero-order chi connectivity index (χ0) is 14.0. The number of aliphatic carboxylic acids is 1. The lowest BCUT2D eigenvalue weighted by atomic mass is 9.87. The molecule has 0 bridgehead atoms. The number of carbonyl (C=O) groups is 1. The zero-order valence-electron chi connectivity index (χ0n) is 11.2. The maximum Gasteiger partial charge on any atom is 0.329 e. The van der Waals surface area contributed by atoms with Crippen LogP contribution in [-0.2, 0) is 4.79 Å². The van der Waals surface area contributed by atoms with Crippen molar-refractivity contribution >= 4 is 27.6 Å². The van der Waals surface area contributed by atoms with Crippen LogP contribution >= 0.6 is 15.9 Å². The van der Waals surface area contributed by atoms with E-state index in [0.29, 0.717) is 12.8 Å². The van der Waals surface area contributed by atoms with Gasteiger partial charge in [0.2, 0.25) is 0 Å². The fourth-order valence-electron chi connectivity index (χ4n) is 2.42. The van der Waals surface area contributed by atoms with Gasteiger partial charge in [-0.3, -0.25) is 0 Å². The molecule has 0 atom stereocenters. The molecule has 19 heavy (non-hydrogen) atoms. The van der Waals surface area contributed by atoms with Gasteiger partial charge >= 0.3 is 5.97 Å². The molecule has 5 heteroatoms. The Morgan fingerprint density at radius 3 is 2.58 bits per heavy atom. The van der Waals surface area contributed by atoms with Crippen molar-refractivity contribution in [2.45, 2.75) is 25.3 Å². The molecule has 0 radical (unpaired) electrons. The van der Waals surface area contributed by atoms with E-state index in [1.807, 2.05) is 32.2 Å². The number of anilines is 1. The van der Waals surface area contributed by atoms with Gasteiger partial charge in [0.15, 0.2) is 0 Å². The first-order chi connectivity index (χ1) is 8.93. The Balaban J connectivity index is 2.24. The van der Waals surface area contributed by atoms with E-state index in [0.717, 1.165) is 28.8 Å². The van der Waals surface area contributed by atoms with Gasteiger partial charge in [-0.15, -0.1) is 0 Å². The second kappa shape index (κ2) is 5.51. The highest BCUT2D eigenvalue weighted by Gasteiger charge is 2.41. The van der Waals surface area contributed by atoms with Gasteiger partial charge in [-0.1, -0.05) is 15.9 Å². The first-order valence-corrected chi connectivity index (χ1v) is 7.18. The molecule has 1 saturated heterocycles. The fourth-order valence-corrected chi connectivity index (χ4v) is 2.89. The molecule has 2 N–H and O–H groups in total. The number of halogens is 1. The molecule has 1 heterocycles. The van der Waals surface area contributed by atoms with E-state index in [1.54, 1.807) is 0 Å². The topological polar surface area (TPSA) is 52.6 Å². The highest BCUT2D eigenvalue weighted by molar-refractivity contribution is 9.10. The molecule has 0 saturated carbocycles. The van der Waals surface area contributed by atoms with E-state index < -0.39 is 11.5 Å². The van der Waals surface area contributed by atoms with Crippen LogP contribution in [0.3, 0.4) is 0 Å². The molecule has 1 aromatic carbocycles. The van der Waals surface area contributed by atoms with Gasteiger partial charge in [0, 0.05) is 23.2 Å². The van der Waals surface area contributed by atoms with Crippen LogP contribution in [0.4, 0.5) is 5.69 Å². The second-order valence-corrected chi connectivity index (χ2v) is 6.19. The summed E-state index contributed by atoms with van der Waals surface area (Å²) in [5.41, 5.74) is 1.11. The van der Waals surface area contributed by atoms with Crippen LogP contribution < -0.4 is 5.32 Å². The third-order valence-electron chi connectivity index (χ3n) is 3.81. The van der Waals surface area contributed by atoms with Crippen molar-refractivity contribution in [3.8, 4) is 0 Å². The zero-order valence-corrected chi connectivity index (χ0v) is 12.8. The number of carboxylic acids is 1. The summed E-state index contributed by atoms with van der Waals surface area (Å²) in [6, 6.07) is 5.86. The molecular formula is C14H19BrN2O2. The Morgan fingerprint density at radius 1 is 1.42 bits per heavy atom. The van der Waals surface area contributed by atoms with Crippen LogP contribution in [0.1, 0.15) is 18.4 Å². The summed E-state index contributed by atoms with van der Waals surface area (Å²) in [5, 5.41) is 12.9. The van der Waals surface area contributed by atoms with Crippen LogP contribution in [0.2, 0.25) is 0 Å². The standard InChI is InChI=1S/C14H19BrN2O2/c1-10-9-11(15)3-4-12(10)16-14(13(18)19)5-7-17(2)8-6-14/h3-4,9,16H,5-8H2,1-2H3,(H,18,19). The average Bonchev–Trinajstić information content (AvgIpc) is 2.35. The molecule has 0 aliphatic carbocycles. The van der Waals surface area contributed by atoms with Crippen LogP contribution in [0.5, 0.6) is 0 Å². The van der Waals surface area contributed by atoms with Crippen LogP contribution in [0.15, 0.2) is 22.7 Å². The first-order valence-electron chi connectivity index (χ1n) is 6.39. The van der Waals surface area contributed by atoms with Crippen LogP contribution in [0.25, 0.3) is 0 Å². The van der Waals surface area contributed by atoms with Gasteiger partial charge in [-0.25, -0.2) is 4.79 Å². The number of hydrogen-bond donors (Lipinski definition) is 2. The predicted molar refractivity (Wildman–Crippen MR) is 79.6 cm³/mol. The smallest absolute Gasteiger partial charge is 0.329 e. The Hall–Kier alpha value is -1.07. The van der Waals surface area contributed by atoms with Crippen molar-refractivity contribution in [3.63, 3.8) is 0 Å². The van der Waals surface area contributed by atoms with Crippen LogP contribution in [-0.4, -0.2) is 41.7 Å². The van der Waals surface area contributed by atoms with E-state index in [4.69, 9.17) is 0 Å². The molecule has 4 nitrogen and oxygen atoms in total. The van der Waals surface area contributed by atoms with Crippen molar-refractivity contribution in [1.82, 2.24) is 4.90 Å². The van der Waals surface area contributed by atoms with E-state index in [2.05, 4.69) is 26.1 Å². The van der Waals surface area contributed by atoms with E-state index in [1.165, 1.54) is 0 Å². The third kappa shape index (κ3) is 3.09. The minimum atomic E-state index is -0.842. The molecule has 1 aliphatic rings. The molecule has 1 aliphatic heterocycles. The van der Waals surface area contributed by atoms with Crippen molar-refractivity contribution in [1.29, 1.82) is 0 Å². The Kier molecular flexibility index (Phi) is 4.16. The molecule has 1 aromatic rings. The second-order valence-electron chi connectivity index (χ2n) is 5.27. The number of benzene rings is 1. The fraction of sp³-hybridized carbons (Fsp3) is 0.500. The lowest BCUT2D eigenvalue weighted by Crippen LogP contribution is -2.53. The van der Waals surface area contributed by atoms with Gasteiger partial charge in [-0.05, 0) is 50.6 Å². The monoisotopic (exact) mass is 326 g/mol. The van der Waals surface area contributed by atoms with Crippen molar-refractivity contribution < 1.29 is 9.90 Å². The summed E-state index contributed by atoms with van der Waals surface area (Å²) in [4.78, 5) is 13.8. The lowest BCUT2D eigenvalue weighted by molar-refractivity contribution is -0.143. The normalized spacial score (nSPS) is 19.1. The molecule has 2 rings (SSSR count).